The number of para-hydroxylation sites is 1. The Morgan fingerprint density at radius 3 is 2.88 bits per heavy atom. The summed E-state index contributed by atoms with van der Waals surface area (Å²) < 4.78 is 5.41. The molecular weight excluding hydrogens is 220 g/mol. The van der Waals surface area contributed by atoms with Crippen molar-refractivity contribution in [3.05, 3.63) is 58.5 Å². The summed E-state index contributed by atoms with van der Waals surface area (Å²) in [5.74, 6) is 0. The van der Waals surface area contributed by atoms with E-state index in [1.165, 1.54) is 0 Å². The van der Waals surface area contributed by atoms with Crippen LogP contribution in [0.15, 0.2) is 51.8 Å². The molecule has 16 heavy (non-hydrogen) atoms. The first-order valence-corrected chi connectivity index (χ1v) is 5.97. The van der Waals surface area contributed by atoms with Crippen LogP contribution in [-0.4, -0.2) is 5.11 Å². The number of fused-ring (bicyclic) bond motifs is 1. The Kier molecular flexibility index (Phi) is 2.27. The SMILES string of the molecule is O[C@@H](c1ccsc1)c1coc2ccccc12. The van der Waals surface area contributed by atoms with Crippen molar-refractivity contribution >= 4 is 22.3 Å². The fraction of sp³-hybridized carbons (Fsp3) is 0.0769. The third-order valence-electron chi connectivity index (χ3n) is 2.66. The van der Waals surface area contributed by atoms with Crippen LogP contribution >= 0.6 is 11.3 Å². The van der Waals surface area contributed by atoms with E-state index in [9.17, 15) is 5.11 Å². The summed E-state index contributed by atoms with van der Waals surface area (Å²) >= 11 is 1.58. The molecule has 3 aromatic rings. The van der Waals surface area contributed by atoms with E-state index in [0.29, 0.717) is 0 Å². The summed E-state index contributed by atoms with van der Waals surface area (Å²) in [6.45, 7) is 0. The highest BCUT2D eigenvalue weighted by Crippen LogP contribution is 2.31. The van der Waals surface area contributed by atoms with Crippen LogP contribution in [0.4, 0.5) is 0 Å². The number of aliphatic hydroxyl groups excluding tert-OH is 1. The maximum Gasteiger partial charge on any atom is 0.134 e. The van der Waals surface area contributed by atoms with E-state index in [0.717, 1.165) is 22.1 Å². The van der Waals surface area contributed by atoms with Gasteiger partial charge in [-0.25, -0.2) is 0 Å². The van der Waals surface area contributed by atoms with Gasteiger partial charge in [0.2, 0.25) is 0 Å². The normalized spacial score (nSPS) is 13.1. The molecule has 2 heterocycles. The average molecular weight is 230 g/mol. The standard InChI is InChI=1S/C13H10O2S/c14-13(9-5-6-16-8-9)11-7-15-12-4-2-1-3-10(11)12/h1-8,13-14H/t13-/m0/s1. The molecule has 0 amide bonds. The van der Waals surface area contributed by atoms with Gasteiger partial charge in [-0.1, -0.05) is 18.2 Å². The molecule has 3 rings (SSSR count). The summed E-state index contributed by atoms with van der Waals surface area (Å²) in [4.78, 5) is 0. The first-order valence-electron chi connectivity index (χ1n) is 5.02. The Labute approximate surface area is 96.8 Å². The number of benzene rings is 1. The van der Waals surface area contributed by atoms with Gasteiger partial charge in [0.25, 0.3) is 0 Å². The van der Waals surface area contributed by atoms with Gasteiger partial charge in [-0.05, 0) is 28.5 Å². The van der Waals surface area contributed by atoms with Gasteiger partial charge in [0.1, 0.15) is 11.7 Å². The molecule has 0 aliphatic heterocycles. The monoisotopic (exact) mass is 230 g/mol. The highest BCUT2D eigenvalue weighted by atomic mass is 32.1. The molecule has 1 aromatic carbocycles. The Hall–Kier alpha value is -1.58. The van der Waals surface area contributed by atoms with Gasteiger partial charge in [-0.3, -0.25) is 0 Å². The molecule has 0 spiro atoms. The third-order valence-corrected chi connectivity index (χ3v) is 3.37. The molecule has 0 fully saturated rings. The van der Waals surface area contributed by atoms with Gasteiger partial charge in [0, 0.05) is 10.9 Å². The average Bonchev–Trinajstić information content (AvgIpc) is 2.98. The lowest BCUT2D eigenvalue weighted by Crippen LogP contribution is -1.96. The van der Waals surface area contributed by atoms with Gasteiger partial charge < -0.3 is 9.52 Å². The second-order valence-corrected chi connectivity index (χ2v) is 4.43. The zero-order valence-electron chi connectivity index (χ0n) is 8.46. The Balaban J connectivity index is 2.12. The second kappa shape index (κ2) is 3.77. The molecule has 1 atom stereocenters. The van der Waals surface area contributed by atoms with E-state index >= 15 is 0 Å². The van der Waals surface area contributed by atoms with Gasteiger partial charge >= 0.3 is 0 Å². The summed E-state index contributed by atoms with van der Waals surface area (Å²) in [5.41, 5.74) is 2.55. The van der Waals surface area contributed by atoms with Crippen LogP contribution in [0.3, 0.4) is 0 Å². The largest absolute Gasteiger partial charge is 0.464 e. The molecule has 0 saturated carbocycles. The van der Waals surface area contributed by atoms with E-state index < -0.39 is 6.10 Å². The minimum Gasteiger partial charge on any atom is -0.464 e. The van der Waals surface area contributed by atoms with Crippen LogP contribution in [0.2, 0.25) is 0 Å². The van der Waals surface area contributed by atoms with Crippen LogP contribution < -0.4 is 0 Å². The quantitative estimate of drug-likeness (QED) is 0.730. The number of hydrogen-bond acceptors (Lipinski definition) is 3. The molecule has 2 aromatic heterocycles. The summed E-state index contributed by atoms with van der Waals surface area (Å²) in [5, 5.41) is 15.1. The number of aliphatic hydroxyl groups is 1. The van der Waals surface area contributed by atoms with Crippen molar-refractivity contribution in [2.75, 3.05) is 0 Å². The molecule has 3 heteroatoms. The highest BCUT2D eigenvalue weighted by Gasteiger charge is 2.16. The van der Waals surface area contributed by atoms with Crippen molar-refractivity contribution in [2.24, 2.45) is 0 Å². The molecule has 2 nitrogen and oxygen atoms in total. The van der Waals surface area contributed by atoms with Crippen molar-refractivity contribution < 1.29 is 9.52 Å². The van der Waals surface area contributed by atoms with Crippen LogP contribution in [0.5, 0.6) is 0 Å². The molecule has 0 saturated heterocycles. The summed E-state index contributed by atoms with van der Waals surface area (Å²) in [7, 11) is 0. The van der Waals surface area contributed by atoms with Gasteiger partial charge in [-0.2, -0.15) is 11.3 Å². The summed E-state index contributed by atoms with van der Waals surface area (Å²) in [6.07, 6.45) is 1.03. The zero-order chi connectivity index (χ0) is 11.0. The number of furan rings is 1. The topological polar surface area (TPSA) is 33.4 Å². The lowest BCUT2D eigenvalue weighted by Gasteiger charge is -2.06. The maximum absolute atomic E-state index is 10.2. The molecule has 0 unspecified atom stereocenters. The molecule has 1 N–H and O–H groups in total. The van der Waals surface area contributed by atoms with Crippen molar-refractivity contribution in [3.8, 4) is 0 Å². The van der Waals surface area contributed by atoms with Crippen LogP contribution in [-0.2, 0) is 0 Å². The Morgan fingerprint density at radius 2 is 2.06 bits per heavy atom. The smallest absolute Gasteiger partial charge is 0.134 e. The minimum absolute atomic E-state index is 0.602. The minimum atomic E-state index is -0.602. The molecule has 0 radical (unpaired) electrons. The molecule has 0 aliphatic rings. The van der Waals surface area contributed by atoms with E-state index in [2.05, 4.69) is 0 Å². The van der Waals surface area contributed by atoms with Gasteiger partial charge in [0.15, 0.2) is 0 Å². The lowest BCUT2D eigenvalue weighted by atomic mass is 10.0. The number of hydrogen-bond donors (Lipinski definition) is 1. The number of thiophene rings is 1. The van der Waals surface area contributed by atoms with E-state index in [1.54, 1.807) is 17.6 Å². The molecule has 80 valence electrons. The lowest BCUT2D eigenvalue weighted by molar-refractivity contribution is 0.221. The number of rotatable bonds is 2. The fourth-order valence-electron chi connectivity index (χ4n) is 1.82. The van der Waals surface area contributed by atoms with Crippen molar-refractivity contribution in [3.63, 3.8) is 0 Å². The molecule has 0 aliphatic carbocycles. The second-order valence-electron chi connectivity index (χ2n) is 3.65. The Morgan fingerprint density at radius 1 is 1.19 bits per heavy atom. The molecule has 0 bridgehead atoms. The van der Waals surface area contributed by atoms with E-state index in [4.69, 9.17) is 4.42 Å². The van der Waals surface area contributed by atoms with Crippen LogP contribution in [0, 0.1) is 0 Å². The van der Waals surface area contributed by atoms with Gasteiger partial charge in [-0.15, -0.1) is 0 Å². The van der Waals surface area contributed by atoms with E-state index in [-0.39, 0.29) is 0 Å². The van der Waals surface area contributed by atoms with Gasteiger partial charge in [0.05, 0.1) is 6.26 Å². The Bertz CT molecular complexity index is 595. The third kappa shape index (κ3) is 1.45. The van der Waals surface area contributed by atoms with Crippen molar-refractivity contribution in [1.82, 2.24) is 0 Å². The van der Waals surface area contributed by atoms with Crippen LogP contribution in [0.1, 0.15) is 17.2 Å². The first kappa shape index (κ1) is 9.63. The fourth-order valence-corrected chi connectivity index (χ4v) is 2.50. The zero-order valence-corrected chi connectivity index (χ0v) is 9.28. The van der Waals surface area contributed by atoms with E-state index in [1.807, 2.05) is 41.1 Å². The van der Waals surface area contributed by atoms with Crippen molar-refractivity contribution in [1.29, 1.82) is 0 Å². The predicted octanol–water partition coefficient (Wildman–Crippen LogP) is 3.58. The molecular formula is C13H10O2S. The summed E-state index contributed by atoms with van der Waals surface area (Å²) in [6, 6.07) is 9.66. The predicted molar refractivity (Wildman–Crippen MR) is 64.6 cm³/mol. The maximum atomic E-state index is 10.2. The van der Waals surface area contributed by atoms with Crippen LogP contribution in [0.25, 0.3) is 11.0 Å². The first-order chi connectivity index (χ1) is 7.86. The van der Waals surface area contributed by atoms with Crippen molar-refractivity contribution in [2.45, 2.75) is 6.10 Å². The highest BCUT2D eigenvalue weighted by molar-refractivity contribution is 7.07.